The predicted molar refractivity (Wildman–Crippen MR) is 297 cm³/mol. The summed E-state index contributed by atoms with van der Waals surface area (Å²) in [5.74, 6) is 0. The number of rotatable bonds is 7. The van der Waals surface area contributed by atoms with Crippen molar-refractivity contribution in [1.82, 2.24) is 0 Å². The smallest absolute Gasteiger partial charge is 0.0755 e. The highest BCUT2D eigenvalue weighted by Crippen LogP contribution is 2.66. The van der Waals surface area contributed by atoms with Crippen LogP contribution in [0, 0.1) is 0 Å². The van der Waals surface area contributed by atoms with Crippen molar-refractivity contribution in [3.05, 3.63) is 311 Å². The topological polar surface area (TPSA) is 6.48 Å². The van der Waals surface area contributed by atoms with Crippen molar-refractivity contribution in [3.63, 3.8) is 0 Å². The predicted octanol–water partition coefficient (Wildman–Crippen LogP) is 18.0. The molecule has 3 heteroatoms. The van der Waals surface area contributed by atoms with E-state index in [1.165, 1.54) is 98.3 Å². The summed E-state index contributed by atoms with van der Waals surface area (Å²) >= 11 is 1.86. The van der Waals surface area contributed by atoms with Gasteiger partial charge in [-0.05, 0) is 134 Å². The van der Waals surface area contributed by atoms with E-state index in [4.69, 9.17) is 0 Å². The van der Waals surface area contributed by atoms with E-state index < -0.39 is 10.8 Å². The highest BCUT2D eigenvalue weighted by atomic mass is 32.1. The van der Waals surface area contributed by atoms with Crippen LogP contribution < -0.4 is 9.80 Å². The zero-order valence-electron chi connectivity index (χ0n) is 38.7. The lowest BCUT2D eigenvalue weighted by molar-refractivity contribution is 0.753. The summed E-state index contributed by atoms with van der Waals surface area (Å²) in [6.45, 7) is 0. The Balaban J connectivity index is 1.02. The van der Waals surface area contributed by atoms with Gasteiger partial charge >= 0.3 is 0 Å². The van der Waals surface area contributed by atoms with Gasteiger partial charge in [0.2, 0.25) is 0 Å². The highest BCUT2D eigenvalue weighted by molar-refractivity contribution is 7.25. The minimum atomic E-state index is -0.602. The van der Waals surface area contributed by atoms with E-state index in [1.54, 1.807) is 0 Å². The molecule has 0 spiro atoms. The van der Waals surface area contributed by atoms with Gasteiger partial charge in [-0.3, -0.25) is 0 Å². The molecule has 15 rings (SSSR count). The van der Waals surface area contributed by atoms with Crippen molar-refractivity contribution >= 4 is 65.6 Å². The summed E-state index contributed by atoms with van der Waals surface area (Å²) in [6.07, 6.45) is 0. The van der Waals surface area contributed by atoms with Crippen LogP contribution in [0.1, 0.15) is 44.5 Å². The summed E-state index contributed by atoms with van der Waals surface area (Å²) in [4.78, 5) is 5.01. The molecule has 3 aliphatic rings. The van der Waals surface area contributed by atoms with Crippen molar-refractivity contribution in [1.29, 1.82) is 0 Å². The van der Waals surface area contributed by atoms with Gasteiger partial charge in [-0.1, -0.05) is 194 Å². The molecule has 0 amide bonds. The van der Waals surface area contributed by atoms with Crippen molar-refractivity contribution in [2.24, 2.45) is 0 Å². The molecule has 1 unspecified atom stereocenters. The van der Waals surface area contributed by atoms with Gasteiger partial charge < -0.3 is 9.80 Å². The molecular formula is C68H44N2S. The fourth-order valence-corrected chi connectivity index (χ4v) is 14.0. The van der Waals surface area contributed by atoms with Gasteiger partial charge in [-0.25, -0.2) is 0 Å². The molecule has 1 aromatic heterocycles. The van der Waals surface area contributed by atoms with Crippen LogP contribution in [0.25, 0.3) is 42.4 Å². The Morgan fingerprint density at radius 2 is 0.789 bits per heavy atom. The molecule has 0 bridgehead atoms. The van der Waals surface area contributed by atoms with Gasteiger partial charge in [0.1, 0.15) is 0 Å². The molecule has 1 aliphatic heterocycles. The van der Waals surface area contributed by atoms with E-state index in [1.807, 2.05) is 11.3 Å². The molecule has 2 nitrogen and oxygen atoms in total. The molecule has 2 aliphatic carbocycles. The average Bonchev–Trinajstić information content (AvgIpc) is 4.08. The summed E-state index contributed by atoms with van der Waals surface area (Å²) in [5.41, 5.74) is 21.0. The summed E-state index contributed by atoms with van der Waals surface area (Å²) < 4.78 is 2.58. The molecule has 332 valence electrons. The highest BCUT2D eigenvalue weighted by Gasteiger charge is 2.53. The Labute approximate surface area is 417 Å². The number of hydrogen-bond acceptors (Lipinski definition) is 3. The van der Waals surface area contributed by atoms with Crippen molar-refractivity contribution < 1.29 is 0 Å². The molecule has 0 N–H and O–H groups in total. The number of thiophene rings is 1. The second-order valence-electron chi connectivity index (χ2n) is 19.1. The third kappa shape index (κ3) is 5.52. The standard InChI is InChI=1S/C68H44N2S/c1-5-20-45(21-6-1)67(46-22-7-2-8-23-46)58-31-15-13-28-52(58)53-39-36-50(43-60(53)67)69(49-38-41-65-57(42-49)55-29-14-18-35-64(55)71-65)51-37-40-54-56-30-19-34-63-66(56)68(61(54)44-51,47-24-9-3-10-25-47)59-32-16-17-33-62(59)70(63)48-26-11-4-12-27-48/h1-44H. The monoisotopic (exact) mass is 920 g/mol. The van der Waals surface area contributed by atoms with Gasteiger partial charge in [0.25, 0.3) is 0 Å². The second kappa shape index (κ2) is 15.4. The van der Waals surface area contributed by atoms with E-state index in [2.05, 4.69) is 277 Å². The van der Waals surface area contributed by atoms with Gasteiger partial charge in [-0.15, -0.1) is 11.3 Å². The van der Waals surface area contributed by atoms with Crippen LogP contribution in [-0.2, 0) is 10.8 Å². The zero-order chi connectivity index (χ0) is 46.7. The maximum Gasteiger partial charge on any atom is 0.0755 e. The van der Waals surface area contributed by atoms with E-state index in [0.717, 1.165) is 22.7 Å². The lowest BCUT2D eigenvalue weighted by Gasteiger charge is -2.44. The molecule has 1 atom stereocenters. The quantitative estimate of drug-likeness (QED) is 0.157. The first kappa shape index (κ1) is 40.2. The fourth-order valence-electron chi connectivity index (χ4n) is 13.0. The van der Waals surface area contributed by atoms with Crippen molar-refractivity contribution in [2.45, 2.75) is 10.8 Å². The van der Waals surface area contributed by atoms with Crippen LogP contribution in [-0.4, -0.2) is 0 Å². The van der Waals surface area contributed by atoms with Crippen LogP contribution in [0.2, 0.25) is 0 Å². The second-order valence-corrected chi connectivity index (χ2v) is 20.2. The number of anilines is 6. The maximum absolute atomic E-state index is 2.53. The Morgan fingerprint density at radius 1 is 0.310 bits per heavy atom. The third-order valence-electron chi connectivity index (χ3n) is 15.7. The van der Waals surface area contributed by atoms with E-state index >= 15 is 0 Å². The van der Waals surface area contributed by atoms with E-state index in [9.17, 15) is 0 Å². The maximum atomic E-state index is 2.53. The van der Waals surface area contributed by atoms with Crippen molar-refractivity contribution in [3.8, 4) is 22.3 Å². The van der Waals surface area contributed by atoms with E-state index in [0.29, 0.717) is 0 Å². The third-order valence-corrected chi connectivity index (χ3v) is 16.9. The normalized spacial score (nSPS) is 15.5. The number of para-hydroxylation sites is 2. The molecular weight excluding hydrogens is 877 g/mol. The Bertz CT molecular complexity index is 4030. The van der Waals surface area contributed by atoms with Gasteiger partial charge in [0, 0.05) is 48.5 Å². The summed E-state index contributed by atoms with van der Waals surface area (Å²) in [5, 5.41) is 2.55. The van der Waals surface area contributed by atoms with Crippen LogP contribution >= 0.6 is 11.3 Å². The largest absolute Gasteiger partial charge is 0.310 e. The van der Waals surface area contributed by atoms with E-state index in [-0.39, 0.29) is 0 Å². The Morgan fingerprint density at radius 3 is 1.49 bits per heavy atom. The molecule has 71 heavy (non-hydrogen) atoms. The molecule has 0 fully saturated rings. The van der Waals surface area contributed by atoms with Gasteiger partial charge in [-0.2, -0.15) is 0 Å². The Hall–Kier alpha value is -8.76. The van der Waals surface area contributed by atoms with Crippen LogP contribution in [0.5, 0.6) is 0 Å². The molecule has 0 saturated heterocycles. The van der Waals surface area contributed by atoms with Gasteiger partial charge in [0.05, 0.1) is 22.2 Å². The Kier molecular flexibility index (Phi) is 8.69. The van der Waals surface area contributed by atoms with Gasteiger partial charge in [0.15, 0.2) is 0 Å². The lowest BCUT2D eigenvalue weighted by Crippen LogP contribution is -2.36. The minimum Gasteiger partial charge on any atom is -0.310 e. The summed E-state index contributed by atoms with van der Waals surface area (Å²) in [6, 6.07) is 100.0. The number of hydrogen-bond donors (Lipinski definition) is 0. The molecule has 0 saturated carbocycles. The lowest BCUT2D eigenvalue weighted by atomic mass is 9.65. The van der Waals surface area contributed by atoms with Crippen LogP contribution in [0.4, 0.5) is 34.1 Å². The number of fused-ring (bicyclic) bond motifs is 11. The minimum absolute atomic E-state index is 0.548. The first-order valence-corrected chi connectivity index (χ1v) is 25.4. The summed E-state index contributed by atoms with van der Waals surface area (Å²) in [7, 11) is 0. The van der Waals surface area contributed by atoms with Crippen LogP contribution in [0.15, 0.2) is 267 Å². The first-order chi connectivity index (χ1) is 35.2. The molecule has 0 radical (unpaired) electrons. The molecule has 12 aromatic rings. The number of benzene rings is 11. The van der Waals surface area contributed by atoms with Crippen molar-refractivity contribution in [2.75, 3.05) is 9.80 Å². The molecule has 11 aromatic carbocycles. The zero-order valence-corrected chi connectivity index (χ0v) is 39.5. The molecule has 2 heterocycles. The van der Waals surface area contributed by atoms with Crippen LogP contribution in [0.3, 0.4) is 0 Å². The first-order valence-electron chi connectivity index (χ1n) is 24.6. The fraction of sp³-hybridized carbons (Fsp3) is 0.0294. The average molecular weight is 921 g/mol. The number of nitrogens with zero attached hydrogens (tertiary/aromatic N) is 2. The SMILES string of the molecule is c1ccc(N2c3ccccc3C3(c4ccccc4)c4cc(N(c5ccc6c(c5)C(c5ccccc5)(c5ccccc5)c5ccccc5-6)c5ccc6sc7ccccc7c6c5)ccc4-c4cccc2c43)cc1.